The Kier molecular flexibility index (Phi) is 7.61. The van der Waals surface area contributed by atoms with Crippen LogP contribution in [-0.4, -0.2) is 19.6 Å². The van der Waals surface area contributed by atoms with Gasteiger partial charge in [-0.1, -0.05) is 43.7 Å². The highest BCUT2D eigenvalue weighted by molar-refractivity contribution is 14.0. The monoisotopic (exact) mass is 427 g/mol. The number of furan rings is 1. The van der Waals surface area contributed by atoms with Crippen molar-refractivity contribution in [2.75, 3.05) is 13.6 Å². The van der Waals surface area contributed by atoms with Gasteiger partial charge >= 0.3 is 0 Å². The number of hydrogen-bond acceptors (Lipinski definition) is 2. The van der Waals surface area contributed by atoms with Crippen LogP contribution in [0.25, 0.3) is 0 Å². The van der Waals surface area contributed by atoms with Gasteiger partial charge < -0.3 is 15.1 Å². The van der Waals surface area contributed by atoms with Crippen molar-refractivity contribution >= 4 is 29.9 Å². The molecule has 0 fully saturated rings. The van der Waals surface area contributed by atoms with Crippen LogP contribution in [0.5, 0.6) is 0 Å². The van der Waals surface area contributed by atoms with E-state index in [0.717, 1.165) is 18.3 Å². The maximum absolute atomic E-state index is 5.31. The van der Waals surface area contributed by atoms with Crippen molar-refractivity contribution in [2.24, 2.45) is 4.99 Å². The highest BCUT2D eigenvalue weighted by Crippen LogP contribution is 2.22. The van der Waals surface area contributed by atoms with Crippen molar-refractivity contribution in [1.82, 2.24) is 10.6 Å². The Balaban J connectivity index is 0.00000264. The van der Waals surface area contributed by atoms with Crippen molar-refractivity contribution in [1.29, 1.82) is 0 Å². The van der Waals surface area contributed by atoms with Gasteiger partial charge in [0.15, 0.2) is 5.96 Å². The van der Waals surface area contributed by atoms with Crippen LogP contribution in [0.3, 0.4) is 0 Å². The van der Waals surface area contributed by atoms with Gasteiger partial charge in [0.05, 0.1) is 12.8 Å². The lowest BCUT2D eigenvalue weighted by Gasteiger charge is -2.27. The molecule has 2 aromatic rings. The normalized spacial score (nSPS) is 11.7. The SMILES string of the molecule is CN=C(NCc1ccco1)NCC(C)(C)c1ccc(C)cc1.I. The maximum atomic E-state index is 5.31. The molecule has 0 aliphatic rings. The second-order valence-electron chi connectivity index (χ2n) is 6.11. The smallest absolute Gasteiger partial charge is 0.191 e. The minimum absolute atomic E-state index is 0. The van der Waals surface area contributed by atoms with E-state index in [2.05, 4.69) is 60.7 Å². The zero-order valence-corrected chi connectivity index (χ0v) is 16.5. The Morgan fingerprint density at radius 2 is 1.83 bits per heavy atom. The number of rotatable bonds is 5. The summed E-state index contributed by atoms with van der Waals surface area (Å²) in [5.74, 6) is 1.66. The fraction of sp³-hybridized carbons (Fsp3) is 0.389. The number of aliphatic imine (C=N–C) groups is 1. The molecule has 0 unspecified atom stereocenters. The van der Waals surface area contributed by atoms with Gasteiger partial charge in [-0.15, -0.1) is 24.0 Å². The quantitative estimate of drug-likeness (QED) is 0.433. The van der Waals surface area contributed by atoms with Crippen molar-refractivity contribution in [2.45, 2.75) is 32.7 Å². The van der Waals surface area contributed by atoms with E-state index in [1.54, 1.807) is 13.3 Å². The van der Waals surface area contributed by atoms with Crippen LogP contribution in [0.4, 0.5) is 0 Å². The average molecular weight is 427 g/mol. The third-order valence-corrected chi connectivity index (χ3v) is 3.76. The molecule has 1 aromatic carbocycles. The summed E-state index contributed by atoms with van der Waals surface area (Å²) in [5.41, 5.74) is 2.62. The van der Waals surface area contributed by atoms with Crippen LogP contribution in [0.15, 0.2) is 52.1 Å². The lowest BCUT2D eigenvalue weighted by atomic mass is 9.84. The molecule has 1 aromatic heterocycles. The number of guanidine groups is 1. The van der Waals surface area contributed by atoms with Gasteiger partial charge in [-0.05, 0) is 24.6 Å². The number of hydrogen-bond donors (Lipinski definition) is 2. The molecule has 4 nitrogen and oxygen atoms in total. The number of aryl methyl sites for hydroxylation is 1. The molecule has 0 radical (unpaired) electrons. The molecule has 0 amide bonds. The Morgan fingerprint density at radius 1 is 1.13 bits per heavy atom. The lowest BCUT2D eigenvalue weighted by molar-refractivity contribution is 0.492. The van der Waals surface area contributed by atoms with E-state index < -0.39 is 0 Å². The summed E-state index contributed by atoms with van der Waals surface area (Å²) < 4.78 is 5.31. The number of halogens is 1. The van der Waals surface area contributed by atoms with Gasteiger partial charge in [-0.2, -0.15) is 0 Å². The predicted molar refractivity (Wildman–Crippen MR) is 107 cm³/mol. The average Bonchev–Trinajstić information content (AvgIpc) is 3.01. The van der Waals surface area contributed by atoms with Crippen molar-refractivity contribution in [3.05, 3.63) is 59.5 Å². The fourth-order valence-corrected chi connectivity index (χ4v) is 2.22. The molecule has 0 aliphatic heterocycles. The van der Waals surface area contributed by atoms with Gasteiger partial charge in [0, 0.05) is 19.0 Å². The molecule has 2 N–H and O–H groups in total. The molecule has 5 heteroatoms. The van der Waals surface area contributed by atoms with Gasteiger partial charge in [0.1, 0.15) is 5.76 Å². The first-order valence-corrected chi connectivity index (χ1v) is 7.55. The molecule has 0 saturated carbocycles. The third-order valence-electron chi connectivity index (χ3n) is 3.76. The third kappa shape index (κ3) is 5.89. The highest BCUT2D eigenvalue weighted by atomic mass is 127. The summed E-state index contributed by atoms with van der Waals surface area (Å²) >= 11 is 0. The minimum Gasteiger partial charge on any atom is -0.467 e. The number of nitrogens with zero attached hydrogens (tertiary/aromatic N) is 1. The van der Waals surface area contributed by atoms with Crippen LogP contribution in [0.2, 0.25) is 0 Å². The van der Waals surface area contributed by atoms with E-state index in [0.29, 0.717) is 6.54 Å². The zero-order valence-electron chi connectivity index (χ0n) is 14.2. The summed E-state index contributed by atoms with van der Waals surface area (Å²) in [7, 11) is 1.77. The Bertz CT molecular complexity index is 604. The lowest BCUT2D eigenvalue weighted by Crippen LogP contribution is -2.43. The van der Waals surface area contributed by atoms with Crippen LogP contribution in [-0.2, 0) is 12.0 Å². The number of benzene rings is 1. The second-order valence-corrected chi connectivity index (χ2v) is 6.11. The molecule has 1 heterocycles. The fourth-order valence-electron chi connectivity index (χ4n) is 2.22. The molecule has 0 saturated heterocycles. The van der Waals surface area contributed by atoms with E-state index in [-0.39, 0.29) is 29.4 Å². The molecule has 2 rings (SSSR count). The molecule has 23 heavy (non-hydrogen) atoms. The molecular weight excluding hydrogens is 401 g/mol. The summed E-state index contributed by atoms with van der Waals surface area (Å²) in [4.78, 5) is 4.25. The first-order chi connectivity index (χ1) is 10.5. The van der Waals surface area contributed by atoms with Crippen molar-refractivity contribution in [3.63, 3.8) is 0 Å². The zero-order chi connectivity index (χ0) is 16.0. The first kappa shape index (κ1) is 19.5. The molecule has 0 bridgehead atoms. The maximum Gasteiger partial charge on any atom is 0.191 e. The summed E-state index contributed by atoms with van der Waals surface area (Å²) in [6, 6.07) is 12.5. The standard InChI is InChI=1S/C18H25N3O.HI/c1-14-7-9-15(10-8-14)18(2,3)13-21-17(19-4)20-12-16-6-5-11-22-16;/h5-11H,12-13H2,1-4H3,(H2,19,20,21);1H. The van der Waals surface area contributed by atoms with Crippen molar-refractivity contribution < 1.29 is 4.42 Å². The second kappa shape index (κ2) is 8.96. The Labute approximate surface area is 155 Å². The van der Waals surface area contributed by atoms with Crippen molar-refractivity contribution in [3.8, 4) is 0 Å². The number of nitrogens with one attached hydrogen (secondary N) is 2. The molecule has 0 atom stereocenters. The molecule has 0 aliphatic carbocycles. The Hall–Kier alpha value is -1.50. The van der Waals surface area contributed by atoms with E-state index in [9.17, 15) is 0 Å². The topological polar surface area (TPSA) is 49.6 Å². The van der Waals surface area contributed by atoms with Gasteiger partial charge in [0.2, 0.25) is 0 Å². The van der Waals surface area contributed by atoms with Crippen LogP contribution >= 0.6 is 24.0 Å². The van der Waals surface area contributed by atoms with Gasteiger partial charge in [0.25, 0.3) is 0 Å². The van der Waals surface area contributed by atoms with Crippen LogP contribution in [0.1, 0.15) is 30.7 Å². The molecule has 0 spiro atoms. The molecular formula is C18H26IN3O. The highest BCUT2D eigenvalue weighted by Gasteiger charge is 2.20. The summed E-state index contributed by atoms with van der Waals surface area (Å²) in [6.07, 6.45) is 1.67. The predicted octanol–water partition coefficient (Wildman–Crippen LogP) is 3.85. The van der Waals surface area contributed by atoms with E-state index in [4.69, 9.17) is 4.42 Å². The largest absolute Gasteiger partial charge is 0.467 e. The summed E-state index contributed by atoms with van der Waals surface area (Å²) in [6.45, 7) is 7.98. The van der Waals surface area contributed by atoms with E-state index >= 15 is 0 Å². The van der Waals surface area contributed by atoms with E-state index in [1.807, 2.05) is 12.1 Å². The molecule has 126 valence electrons. The summed E-state index contributed by atoms with van der Waals surface area (Å²) in [5, 5.41) is 6.63. The van der Waals surface area contributed by atoms with Gasteiger partial charge in [-0.3, -0.25) is 4.99 Å². The van der Waals surface area contributed by atoms with Crippen LogP contribution in [0, 0.1) is 6.92 Å². The first-order valence-electron chi connectivity index (χ1n) is 7.55. The van der Waals surface area contributed by atoms with E-state index in [1.165, 1.54) is 11.1 Å². The minimum atomic E-state index is 0. The van der Waals surface area contributed by atoms with Gasteiger partial charge in [-0.25, -0.2) is 0 Å². The van der Waals surface area contributed by atoms with Crippen LogP contribution < -0.4 is 10.6 Å². The Morgan fingerprint density at radius 3 is 2.39 bits per heavy atom.